The second-order valence-electron chi connectivity index (χ2n) is 4.24. The van der Waals surface area contributed by atoms with Crippen LogP contribution in [0.2, 0.25) is 5.15 Å². The highest BCUT2D eigenvalue weighted by atomic mass is 35.5. The third-order valence-corrected chi connectivity index (χ3v) is 3.22. The summed E-state index contributed by atoms with van der Waals surface area (Å²) in [7, 11) is 0. The first-order chi connectivity index (χ1) is 9.20. The Hall–Kier alpha value is -1.58. The fraction of sp³-hybridized carbons (Fsp3) is 0.267. The van der Waals surface area contributed by atoms with Gasteiger partial charge in [-0.05, 0) is 30.2 Å². The van der Waals surface area contributed by atoms with Crippen molar-refractivity contribution in [2.75, 3.05) is 0 Å². The molecule has 0 aliphatic heterocycles. The van der Waals surface area contributed by atoms with Crippen molar-refractivity contribution in [3.05, 3.63) is 58.9 Å². The molecule has 3 nitrogen and oxygen atoms in total. The van der Waals surface area contributed by atoms with Gasteiger partial charge in [-0.1, -0.05) is 36.7 Å². The van der Waals surface area contributed by atoms with Crippen molar-refractivity contribution < 1.29 is 9.84 Å². The van der Waals surface area contributed by atoms with Gasteiger partial charge in [0, 0.05) is 11.8 Å². The van der Waals surface area contributed by atoms with E-state index in [0.29, 0.717) is 18.2 Å². The van der Waals surface area contributed by atoms with Gasteiger partial charge in [0.2, 0.25) is 0 Å². The van der Waals surface area contributed by atoms with Crippen molar-refractivity contribution in [1.82, 2.24) is 4.98 Å². The van der Waals surface area contributed by atoms with Crippen LogP contribution in [-0.2, 0) is 6.61 Å². The summed E-state index contributed by atoms with van der Waals surface area (Å²) >= 11 is 5.95. The van der Waals surface area contributed by atoms with E-state index >= 15 is 0 Å². The van der Waals surface area contributed by atoms with E-state index in [-0.39, 0.29) is 0 Å². The normalized spacial score (nSPS) is 12.2. The lowest BCUT2D eigenvalue weighted by molar-refractivity contribution is 0.173. The SMILES string of the molecule is CC[C@H](O)c1ccc(OCc2cccnc2Cl)cc1. The molecule has 0 saturated heterocycles. The molecule has 0 saturated carbocycles. The maximum absolute atomic E-state index is 9.70. The lowest BCUT2D eigenvalue weighted by Gasteiger charge is -2.10. The lowest BCUT2D eigenvalue weighted by atomic mass is 10.1. The Bertz CT molecular complexity index is 528. The number of ether oxygens (including phenoxy) is 1. The van der Waals surface area contributed by atoms with Crippen molar-refractivity contribution in [2.24, 2.45) is 0 Å². The van der Waals surface area contributed by atoms with E-state index in [0.717, 1.165) is 16.9 Å². The highest BCUT2D eigenvalue weighted by Crippen LogP contribution is 2.21. The zero-order valence-electron chi connectivity index (χ0n) is 10.7. The van der Waals surface area contributed by atoms with E-state index < -0.39 is 6.10 Å². The quantitative estimate of drug-likeness (QED) is 0.846. The van der Waals surface area contributed by atoms with E-state index in [9.17, 15) is 5.11 Å². The molecule has 1 atom stereocenters. The van der Waals surface area contributed by atoms with E-state index in [4.69, 9.17) is 16.3 Å². The molecule has 0 spiro atoms. The van der Waals surface area contributed by atoms with Gasteiger partial charge in [-0.2, -0.15) is 0 Å². The Labute approximate surface area is 117 Å². The maximum atomic E-state index is 9.70. The number of hydrogen-bond acceptors (Lipinski definition) is 3. The summed E-state index contributed by atoms with van der Waals surface area (Å²) < 4.78 is 5.64. The molecule has 0 radical (unpaired) electrons. The average Bonchev–Trinajstić information content (AvgIpc) is 2.46. The standard InChI is InChI=1S/C15H16ClNO2/c1-2-14(18)11-5-7-13(8-6-11)19-10-12-4-3-9-17-15(12)16/h3-9,14,18H,2,10H2,1H3/t14-/m0/s1. The van der Waals surface area contributed by atoms with Gasteiger partial charge in [0.1, 0.15) is 17.5 Å². The number of aromatic nitrogens is 1. The Morgan fingerprint density at radius 3 is 2.63 bits per heavy atom. The molecule has 2 aromatic rings. The van der Waals surface area contributed by atoms with Gasteiger partial charge in [0.25, 0.3) is 0 Å². The zero-order chi connectivity index (χ0) is 13.7. The van der Waals surface area contributed by atoms with Crippen molar-refractivity contribution in [2.45, 2.75) is 26.1 Å². The summed E-state index contributed by atoms with van der Waals surface area (Å²) in [6, 6.07) is 11.1. The summed E-state index contributed by atoms with van der Waals surface area (Å²) in [4.78, 5) is 3.99. The van der Waals surface area contributed by atoms with Crippen molar-refractivity contribution >= 4 is 11.6 Å². The van der Waals surface area contributed by atoms with E-state index in [1.54, 1.807) is 6.20 Å². The third kappa shape index (κ3) is 3.69. The topological polar surface area (TPSA) is 42.4 Å². The van der Waals surface area contributed by atoms with Crippen LogP contribution in [0.4, 0.5) is 0 Å². The fourth-order valence-corrected chi connectivity index (χ4v) is 1.88. The van der Waals surface area contributed by atoms with Crippen LogP contribution in [0, 0.1) is 0 Å². The molecule has 1 N–H and O–H groups in total. The first-order valence-electron chi connectivity index (χ1n) is 6.21. The molecular weight excluding hydrogens is 262 g/mol. The van der Waals surface area contributed by atoms with Gasteiger partial charge in [0.05, 0.1) is 6.10 Å². The first kappa shape index (κ1) is 13.8. The van der Waals surface area contributed by atoms with Crippen molar-refractivity contribution in [1.29, 1.82) is 0 Å². The van der Waals surface area contributed by atoms with Crippen LogP contribution >= 0.6 is 11.6 Å². The molecule has 0 amide bonds. The molecule has 1 aromatic carbocycles. The molecule has 0 aliphatic carbocycles. The minimum atomic E-state index is -0.415. The largest absolute Gasteiger partial charge is 0.489 e. The number of nitrogens with zero attached hydrogens (tertiary/aromatic N) is 1. The molecule has 1 heterocycles. The molecule has 2 rings (SSSR count). The highest BCUT2D eigenvalue weighted by Gasteiger charge is 2.05. The number of halogens is 1. The van der Waals surface area contributed by atoms with Gasteiger partial charge >= 0.3 is 0 Å². The Kier molecular flexibility index (Phi) is 4.77. The number of hydrogen-bond donors (Lipinski definition) is 1. The second kappa shape index (κ2) is 6.55. The second-order valence-corrected chi connectivity index (χ2v) is 4.59. The number of aliphatic hydroxyl groups excluding tert-OH is 1. The van der Waals surface area contributed by atoms with Crippen LogP contribution in [0.25, 0.3) is 0 Å². The number of rotatable bonds is 5. The smallest absolute Gasteiger partial charge is 0.135 e. The molecule has 0 bridgehead atoms. The predicted octanol–water partition coefficient (Wildman–Crippen LogP) is 3.76. The monoisotopic (exact) mass is 277 g/mol. The van der Waals surface area contributed by atoms with Crippen LogP contribution in [0.5, 0.6) is 5.75 Å². The zero-order valence-corrected chi connectivity index (χ0v) is 11.5. The van der Waals surface area contributed by atoms with Gasteiger partial charge in [-0.15, -0.1) is 0 Å². The van der Waals surface area contributed by atoms with E-state index in [1.807, 2.05) is 43.3 Å². The number of benzene rings is 1. The minimum absolute atomic E-state index is 0.377. The Morgan fingerprint density at radius 2 is 2.00 bits per heavy atom. The molecule has 0 fully saturated rings. The first-order valence-corrected chi connectivity index (χ1v) is 6.58. The van der Waals surface area contributed by atoms with E-state index in [2.05, 4.69) is 4.98 Å². The Morgan fingerprint density at radius 1 is 1.26 bits per heavy atom. The summed E-state index contributed by atoms with van der Waals surface area (Å²) in [6.45, 7) is 2.32. The van der Waals surface area contributed by atoms with Crippen molar-refractivity contribution in [3.63, 3.8) is 0 Å². The van der Waals surface area contributed by atoms with Crippen LogP contribution in [0.3, 0.4) is 0 Å². The average molecular weight is 278 g/mol. The number of pyridine rings is 1. The molecule has 19 heavy (non-hydrogen) atoms. The highest BCUT2D eigenvalue weighted by molar-refractivity contribution is 6.30. The third-order valence-electron chi connectivity index (χ3n) is 2.88. The van der Waals surface area contributed by atoms with E-state index in [1.165, 1.54) is 0 Å². The van der Waals surface area contributed by atoms with Crippen LogP contribution in [-0.4, -0.2) is 10.1 Å². The molecule has 1 aromatic heterocycles. The fourth-order valence-electron chi connectivity index (χ4n) is 1.71. The predicted molar refractivity (Wildman–Crippen MR) is 75.3 cm³/mol. The summed E-state index contributed by atoms with van der Waals surface area (Å²) in [6.07, 6.45) is 1.93. The van der Waals surface area contributed by atoms with Gasteiger partial charge < -0.3 is 9.84 Å². The van der Waals surface area contributed by atoms with Crippen LogP contribution in [0.15, 0.2) is 42.6 Å². The van der Waals surface area contributed by atoms with Crippen molar-refractivity contribution in [3.8, 4) is 5.75 Å². The van der Waals surface area contributed by atoms with Crippen LogP contribution in [0.1, 0.15) is 30.6 Å². The minimum Gasteiger partial charge on any atom is -0.489 e. The van der Waals surface area contributed by atoms with Gasteiger partial charge in [-0.25, -0.2) is 4.98 Å². The van der Waals surface area contributed by atoms with Gasteiger partial charge in [-0.3, -0.25) is 0 Å². The maximum Gasteiger partial charge on any atom is 0.135 e. The number of aliphatic hydroxyl groups is 1. The molecule has 100 valence electrons. The van der Waals surface area contributed by atoms with Gasteiger partial charge in [0.15, 0.2) is 0 Å². The molecule has 4 heteroatoms. The summed E-state index contributed by atoms with van der Waals surface area (Å²) in [5, 5.41) is 10.2. The molecular formula is C15H16ClNO2. The summed E-state index contributed by atoms with van der Waals surface area (Å²) in [5.41, 5.74) is 1.75. The molecule has 0 aliphatic rings. The molecule has 0 unspecified atom stereocenters. The summed E-state index contributed by atoms with van der Waals surface area (Å²) in [5.74, 6) is 0.743. The van der Waals surface area contributed by atoms with Crippen LogP contribution < -0.4 is 4.74 Å². The lowest BCUT2D eigenvalue weighted by Crippen LogP contribution is -1.98. The Balaban J connectivity index is 1.99.